The first-order valence-electron chi connectivity index (χ1n) is 12.4. The molecule has 0 fully saturated rings. The first kappa shape index (κ1) is 33.5. The number of nitrogens with one attached hydrogen (secondary N) is 1. The maximum atomic E-state index is 11.7. The Labute approximate surface area is 217 Å². The molecule has 0 aliphatic rings. The Bertz CT molecular complexity index is 541. The van der Waals surface area contributed by atoms with Gasteiger partial charge in [0, 0.05) is 38.7 Å². The Hall–Kier alpha value is -0.523. The molecule has 10 heteroatoms. The van der Waals surface area contributed by atoms with Crippen molar-refractivity contribution in [3.63, 3.8) is 0 Å². The molecule has 0 aromatic rings. The number of esters is 1. The van der Waals surface area contributed by atoms with E-state index in [9.17, 15) is 9.59 Å². The lowest BCUT2D eigenvalue weighted by atomic mass is 10.1. The predicted molar refractivity (Wildman–Crippen MR) is 147 cm³/mol. The van der Waals surface area contributed by atoms with Crippen LogP contribution in [-0.4, -0.2) is 71.8 Å². The van der Waals surface area contributed by atoms with Crippen LogP contribution in [-0.2, 0) is 22.8 Å². The summed E-state index contributed by atoms with van der Waals surface area (Å²) in [4.78, 5) is 22.9. The third-order valence-corrected chi connectivity index (χ3v) is 10.2. The van der Waals surface area contributed by atoms with Crippen molar-refractivity contribution in [2.75, 3.05) is 51.7 Å². The Kier molecular flexibility index (Phi) is 22.6. The summed E-state index contributed by atoms with van der Waals surface area (Å²) >= 11 is 3.32. The number of rotatable bonds is 23. The van der Waals surface area contributed by atoms with Crippen LogP contribution in [0.1, 0.15) is 71.1 Å². The largest absolute Gasteiger partial charge is 0.500 e. The van der Waals surface area contributed by atoms with Crippen LogP contribution in [0.2, 0.25) is 6.04 Å². The van der Waals surface area contributed by atoms with Crippen molar-refractivity contribution in [3.05, 3.63) is 12.2 Å². The molecule has 1 amide bonds. The van der Waals surface area contributed by atoms with Gasteiger partial charge in [-0.3, -0.25) is 4.79 Å². The van der Waals surface area contributed by atoms with Crippen molar-refractivity contribution < 1.29 is 27.6 Å². The Balaban J connectivity index is 3.33. The smallest absolute Gasteiger partial charge is 0.460 e. The molecule has 7 nitrogen and oxygen atoms in total. The van der Waals surface area contributed by atoms with Crippen LogP contribution >= 0.6 is 23.5 Å². The molecule has 0 bridgehead atoms. The van der Waals surface area contributed by atoms with Gasteiger partial charge >= 0.3 is 14.8 Å². The number of thioether (sulfide) groups is 2. The van der Waals surface area contributed by atoms with E-state index in [1.165, 1.54) is 68.9 Å². The number of amides is 1. The number of ether oxygens (including phenoxy) is 1. The molecule has 0 saturated heterocycles. The van der Waals surface area contributed by atoms with E-state index in [1.807, 2.05) is 11.8 Å². The average molecular weight is 538 g/mol. The zero-order valence-electron chi connectivity index (χ0n) is 21.8. The minimum Gasteiger partial charge on any atom is -0.460 e. The summed E-state index contributed by atoms with van der Waals surface area (Å²) in [5.41, 5.74) is 0.365. The maximum absolute atomic E-state index is 11.7. The minimum absolute atomic E-state index is 0.0561. The molecule has 34 heavy (non-hydrogen) atoms. The normalized spacial score (nSPS) is 11.4. The van der Waals surface area contributed by atoms with Crippen molar-refractivity contribution in [3.8, 4) is 0 Å². The van der Waals surface area contributed by atoms with Gasteiger partial charge in [-0.1, -0.05) is 63.3 Å². The van der Waals surface area contributed by atoms with E-state index < -0.39 is 14.8 Å². The fourth-order valence-electron chi connectivity index (χ4n) is 3.23. The third-order valence-electron chi connectivity index (χ3n) is 5.32. The van der Waals surface area contributed by atoms with Crippen LogP contribution in [0, 0.1) is 0 Å². The third kappa shape index (κ3) is 18.8. The van der Waals surface area contributed by atoms with Gasteiger partial charge in [0.15, 0.2) is 0 Å². The van der Waals surface area contributed by atoms with Gasteiger partial charge in [0.25, 0.3) is 5.24 Å². The molecular formula is C24H47NO6S2Si. The van der Waals surface area contributed by atoms with Gasteiger partial charge in [-0.25, -0.2) is 4.79 Å². The molecule has 0 aliphatic carbocycles. The van der Waals surface area contributed by atoms with Crippen LogP contribution in [0.25, 0.3) is 0 Å². The maximum Gasteiger partial charge on any atom is 0.500 e. The van der Waals surface area contributed by atoms with Crippen LogP contribution in [0.15, 0.2) is 12.2 Å². The summed E-state index contributed by atoms with van der Waals surface area (Å²) in [6.07, 6.45) is 12.4. The van der Waals surface area contributed by atoms with E-state index in [0.29, 0.717) is 12.1 Å². The van der Waals surface area contributed by atoms with Gasteiger partial charge in [-0.05, 0) is 37.7 Å². The van der Waals surface area contributed by atoms with E-state index >= 15 is 0 Å². The number of hydrogen-bond donors (Lipinski definition) is 1. The van der Waals surface area contributed by atoms with Gasteiger partial charge in [0.05, 0.1) is 6.54 Å². The summed E-state index contributed by atoms with van der Waals surface area (Å²) in [5, 5.41) is 2.69. The lowest BCUT2D eigenvalue weighted by Crippen LogP contribution is -2.42. The zero-order chi connectivity index (χ0) is 25.5. The van der Waals surface area contributed by atoms with E-state index in [4.69, 9.17) is 18.0 Å². The van der Waals surface area contributed by atoms with Crippen molar-refractivity contribution in [2.45, 2.75) is 77.2 Å². The average Bonchev–Trinajstić information content (AvgIpc) is 2.84. The fourth-order valence-corrected chi connectivity index (χ4v) is 6.91. The second-order valence-electron chi connectivity index (χ2n) is 8.17. The molecule has 1 N–H and O–H groups in total. The molecule has 0 unspecified atom stereocenters. The van der Waals surface area contributed by atoms with E-state index in [-0.39, 0.29) is 11.8 Å². The zero-order valence-corrected chi connectivity index (χ0v) is 24.4. The first-order valence-corrected chi connectivity index (χ1v) is 16.4. The minimum atomic E-state index is -2.39. The van der Waals surface area contributed by atoms with E-state index in [2.05, 4.69) is 11.9 Å². The molecule has 0 radical (unpaired) electrons. The summed E-state index contributed by atoms with van der Waals surface area (Å²) in [7, 11) is 2.63. The highest BCUT2D eigenvalue weighted by Crippen LogP contribution is 2.18. The summed E-state index contributed by atoms with van der Waals surface area (Å²) in [6.45, 7) is 5.62. The highest BCUT2D eigenvalue weighted by molar-refractivity contribution is 8.13. The molecule has 200 valence electrons. The lowest BCUT2D eigenvalue weighted by molar-refractivity contribution is -0.138. The topological polar surface area (TPSA) is 83.1 Å². The highest BCUT2D eigenvalue weighted by atomic mass is 32.2. The second kappa shape index (κ2) is 22.9. The monoisotopic (exact) mass is 537 g/mol. The quantitative estimate of drug-likeness (QED) is 0.0729. The van der Waals surface area contributed by atoms with Gasteiger partial charge < -0.3 is 23.3 Å². The lowest BCUT2D eigenvalue weighted by Gasteiger charge is -2.24. The van der Waals surface area contributed by atoms with Crippen LogP contribution in [0.3, 0.4) is 0 Å². The Morgan fingerprint density at radius 3 is 1.82 bits per heavy atom. The predicted octanol–water partition coefficient (Wildman–Crippen LogP) is 6.06. The SMILES string of the molecule is C=C(C)C(=O)OCCNC(=O)SCCCCCCCCCCCSCCC[Si](OC)(OC)OC. The van der Waals surface area contributed by atoms with Crippen molar-refractivity contribution in [2.24, 2.45) is 0 Å². The van der Waals surface area contributed by atoms with Gasteiger partial charge in [-0.2, -0.15) is 11.8 Å². The first-order chi connectivity index (χ1) is 16.4. The van der Waals surface area contributed by atoms with Crippen LogP contribution < -0.4 is 5.32 Å². The standard InChI is InChI=1S/C24H47NO6S2Si/c1-22(2)23(26)31-17-16-25-24(27)33-20-14-12-10-8-6-7-9-11-13-18-32-19-15-21-34(28-3,29-4)30-5/h1,6-21H2,2-5H3,(H,25,27). The fraction of sp³-hybridized carbons (Fsp3) is 0.833. The Morgan fingerprint density at radius 2 is 1.29 bits per heavy atom. The molecule has 0 aromatic heterocycles. The number of hydrogen-bond acceptors (Lipinski definition) is 8. The van der Waals surface area contributed by atoms with Crippen LogP contribution in [0.5, 0.6) is 0 Å². The van der Waals surface area contributed by atoms with Crippen molar-refractivity contribution in [1.29, 1.82) is 0 Å². The molecule has 0 aromatic carbocycles. The number of carbonyl (C=O) groups is 2. The van der Waals surface area contributed by atoms with Crippen LogP contribution in [0.4, 0.5) is 4.79 Å². The summed E-state index contributed by atoms with van der Waals surface area (Å²) in [6, 6.07) is 0.879. The van der Waals surface area contributed by atoms with Gasteiger partial charge in [0.1, 0.15) is 6.61 Å². The summed E-state index contributed by atoms with van der Waals surface area (Å²) < 4.78 is 21.3. The molecule has 0 atom stereocenters. The molecule has 0 heterocycles. The van der Waals surface area contributed by atoms with Gasteiger partial charge in [0.2, 0.25) is 0 Å². The molecule has 0 rings (SSSR count). The highest BCUT2D eigenvalue weighted by Gasteiger charge is 2.36. The second-order valence-corrected chi connectivity index (χ2v) is 13.6. The van der Waals surface area contributed by atoms with E-state index in [1.54, 1.807) is 28.3 Å². The van der Waals surface area contributed by atoms with Gasteiger partial charge in [-0.15, -0.1) is 0 Å². The van der Waals surface area contributed by atoms with Crippen molar-refractivity contribution in [1.82, 2.24) is 5.32 Å². The molecule has 0 aliphatic heterocycles. The van der Waals surface area contributed by atoms with Crippen molar-refractivity contribution >= 4 is 43.5 Å². The number of unbranched alkanes of at least 4 members (excludes halogenated alkanes) is 8. The molecule has 0 saturated carbocycles. The molecular weight excluding hydrogens is 490 g/mol. The number of carbonyl (C=O) groups excluding carboxylic acids is 2. The summed E-state index contributed by atoms with van der Waals surface area (Å²) in [5.74, 6) is 2.77. The van der Waals surface area contributed by atoms with E-state index in [0.717, 1.165) is 30.4 Å². The molecule has 0 spiro atoms. The Morgan fingerprint density at radius 1 is 0.794 bits per heavy atom.